The van der Waals surface area contributed by atoms with Crippen molar-refractivity contribution in [1.29, 1.82) is 0 Å². The van der Waals surface area contributed by atoms with E-state index in [2.05, 4.69) is 31.9 Å². The van der Waals surface area contributed by atoms with Gasteiger partial charge in [-0.1, -0.05) is 12.1 Å². The molecule has 0 fully saturated rings. The number of amides is 4. The molecule has 8 nitrogen and oxygen atoms in total. The van der Waals surface area contributed by atoms with Crippen LogP contribution in [0.2, 0.25) is 0 Å². The molecule has 6 rings (SSSR count). The first kappa shape index (κ1) is 28.3. The monoisotopic (exact) mass is 698 g/mol. The number of ether oxygens (including phenoxy) is 2. The highest BCUT2D eigenvalue weighted by molar-refractivity contribution is 9.11. The minimum atomic E-state index is -0.369. The molecule has 2 aliphatic heterocycles. The molecule has 4 amide bonds. The lowest BCUT2D eigenvalue weighted by atomic mass is 10.0. The average molecular weight is 700 g/mol. The first-order valence-corrected chi connectivity index (χ1v) is 14.6. The van der Waals surface area contributed by atoms with Crippen molar-refractivity contribution < 1.29 is 28.7 Å². The molecule has 0 atom stereocenters. The van der Waals surface area contributed by atoms with Crippen molar-refractivity contribution in [3.8, 4) is 23.0 Å². The fourth-order valence-electron chi connectivity index (χ4n) is 4.60. The van der Waals surface area contributed by atoms with Gasteiger partial charge in [0.2, 0.25) is 0 Å². The summed E-state index contributed by atoms with van der Waals surface area (Å²) in [7, 11) is 0. The zero-order chi connectivity index (χ0) is 30.1. The standard InChI is InChI=1S/C33H20Br2N2O6/c34-26-18-20(1-11-28(26)42-24-7-3-22(4-8-24)36-30(38)13-14-31(36)39)17-21-2-12-29(27(35)19-21)43-25-9-5-23(6-10-25)37-32(40)15-16-33(37)41/h1-16,18-19H,17H2. The van der Waals surface area contributed by atoms with Crippen LogP contribution in [0.4, 0.5) is 11.4 Å². The lowest BCUT2D eigenvalue weighted by Gasteiger charge is -2.15. The van der Waals surface area contributed by atoms with Crippen LogP contribution in [0, 0.1) is 0 Å². The van der Waals surface area contributed by atoms with Crippen LogP contribution in [-0.4, -0.2) is 23.6 Å². The summed E-state index contributed by atoms with van der Waals surface area (Å²) in [6.45, 7) is 0. The Balaban J connectivity index is 1.08. The summed E-state index contributed by atoms with van der Waals surface area (Å²) in [5.41, 5.74) is 3.08. The lowest BCUT2D eigenvalue weighted by Crippen LogP contribution is -2.29. The maximum Gasteiger partial charge on any atom is 0.258 e. The van der Waals surface area contributed by atoms with Gasteiger partial charge in [0, 0.05) is 24.3 Å². The number of imide groups is 2. The fraction of sp³-hybridized carbons (Fsp3) is 0.0303. The van der Waals surface area contributed by atoms with E-state index in [1.54, 1.807) is 48.5 Å². The number of rotatable bonds is 8. The molecule has 43 heavy (non-hydrogen) atoms. The number of hydrogen-bond donors (Lipinski definition) is 0. The largest absolute Gasteiger partial charge is 0.456 e. The molecule has 4 aromatic rings. The predicted molar refractivity (Wildman–Crippen MR) is 167 cm³/mol. The summed E-state index contributed by atoms with van der Waals surface area (Å²) in [6, 6.07) is 25.2. The Kier molecular flexibility index (Phi) is 7.79. The van der Waals surface area contributed by atoms with Gasteiger partial charge >= 0.3 is 0 Å². The summed E-state index contributed by atoms with van der Waals surface area (Å²) in [6.07, 6.45) is 5.65. The van der Waals surface area contributed by atoms with E-state index in [0.717, 1.165) is 29.9 Å². The van der Waals surface area contributed by atoms with Crippen molar-refractivity contribution in [2.45, 2.75) is 6.42 Å². The van der Waals surface area contributed by atoms with E-state index in [1.807, 2.05) is 36.4 Å². The molecular formula is C33H20Br2N2O6. The summed E-state index contributed by atoms with van der Waals surface area (Å²) in [5.74, 6) is 0.895. The first-order chi connectivity index (χ1) is 20.7. The SMILES string of the molecule is O=C1C=CC(=O)N1c1ccc(Oc2ccc(Cc3ccc(Oc4ccc(N5C(=O)C=CC5=O)cc4)c(Br)c3)cc2Br)cc1. The van der Waals surface area contributed by atoms with Gasteiger partial charge in [-0.15, -0.1) is 0 Å². The maximum absolute atomic E-state index is 11.9. The summed E-state index contributed by atoms with van der Waals surface area (Å²) >= 11 is 7.19. The van der Waals surface area contributed by atoms with Crippen LogP contribution >= 0.6 is 31.9 Å². The van der Waals surface area contributed by atoms with Gasteiger partial charge in [-0.3, -0.25) is 19.2 Å². The van der Waals surface area contributed by atoms with Crippen molar-refractivity contribution in [2.75, 3.05) is 9.80 Å². The minimum absolute atomic E-state index is 0.369. The molecule has 0 bridgehead atoms. The van der Waals surface area contributed by atoms with Gasteiger partial charge in [-0.2, -0.15) is 0 Å². The van der Waals surface area contributed by atoms with Gasteiger partial charge in [-0.25, -0.2) is 9.80 Å². The van der Waals surface area contributed by atoms with E-state index in [-0.39, 0.29) is 23.6 Å². The number of hydrogen-bond acceptors (Lipinski definition) is 6. The van der Waals surface area contributed by atoms with Gasteiger partial charge in [0.15, 0.2) is 0 Å². The number of carbonyl (C=O) groups excluding carboxylic acids is 4. The van der Waals surface area contributed by atoms with Crippen molar-refractivity contribution >= 4 is 66.9 Å². The van der Waals surface area contributed by atoms with E-state index in [9.17, 15) is 19.2 Å². The summed E-state index contributed by atoms with van der Waals surface area (Å²) in [4.78, 5) is 49.8. The Bertz CT molecular complexity index is 1680. The van der Waals surface area contributed by atoms with Gasteiger partial charge in [0.1, 0.15) is 23.0 Å². The zero-order valence-corrected chi connectivity index (χ0v) is 25.4. The molecule has 0 aliphatic carbocycles. The fourth-order valence-corrected chi connectivity index (χ4v) is 5.61. The molecule has 2 aliphatic rings. The highest BCUT2D eigenvalue weighted by atomic mass is 79.9. The second-order valence-electron chi connectivity index (χ2n) is 9.59. The smallest absolute Gasteiger partial charge is 0.258 e. The molecule has 2 heterocycles. The summed E-state index contributed by atoms with van der Waals surface area (Å²) in [5, 5.41) is 0. The number of carbonyl (C=O) groups is 4. The van der Waals surface area contributed by atoms with Gasteiger partial charge < -0.3 is 9.47 Å². The van der Waals surface area contributed by atoms with Crippen LogP contribution in [0.15, 0.2) is 118 Å². The van der Waals surface area contributed by atoms with Gasteiger partial charge in [-0.05, 0) is 122 Å². The van der Waals surface area contributed by atoms with Gasteiger partial charge in [0.05, 0.1) is 20.3 Å². The average Bonchev–Trinajstić information content (AvgIpc) is 3.51. The molecule has 0 aromatic heterocycles. The molecule has 212 valence electrons. The van der Waals surface area contributed by atoms with E-state index < -0.39 is 0 Å². The molecule has 0 saturated heterocycles. The molecule has 0 saturated carbocycles. The van der Waals surface area contributed by atoms with E-state index in [0.29, 0.717) is 40.8 Å². The van der Waals surface area contributed by atoms with Crippen molar-refractivity contribution in [2.24, 2.45) is 0 Å². The quantitative estimate of drug-likeness (QED) is 0.180. The molecular weight excluding hydrogens is 680 g/mol. The normalized spacial score (nSPS) is 14.3. The number of halogens is 2. The number of nitrogens with zero attached hydrogens (tertiary/aromatic N) is 2. The minimum Gasteiger partial charge on any atom is -0.456 e. The molecule has 4 aromatic carbocycles. The highest BCUT2D eigenvalue weighted by Crippen LogP contribution is 2.35. The van der Waals surface area contributed by atoms with Crippen LogP contribution in [0.3, 0.4) is 0 Å². The third kappa shape index (κ3) is 6.06. The third-order valence-corrected chi connectivity index (χ3v) is 7.90. The first-order valence-electron chi connectivity index (χ1n) is 13.0. The highest BCUT2D eigenvalue weighted by Gasteiger charge is 2.26. The Labute approximate surface area is 263 Å². The third-order valence-electron chi connectivity index (χ3n) is 6.66. The predicted octanol–water partition coefficient (Wildman–Crippen LogP) is 7.25. The van der Waals surface area contributed by atoms with E-state index in [4.69, 9.17) is 9.47 Å². The van der Waals surface area contributed by atoms with Crippen LogP contribution in [0.5, 0.6) is 23.0 Å². The topological polar surface area (TPSA) is 93.2 Å². The Morgan fingerprint density at radius 2 is 0.837 bits per heavy atom. The van der Waals surface area contributed by atoms with Crippen molar-refractivity contribution in [3.63, 3.8) is 0 Å². The molecule has 0 radical (unpaired) electrons. The van der Waals surface area contributed by atoms with E-state index >= 15 is 0 Å². The Morgan fingerprint density at radius 3 is 1.16 bits per heavy atom. The van der Waals surface area contributed by atoms with Crippen molar-refractivity contribution in [3.05, 3.63) is 129 Å². The number of anilines is 2. The molecule has 10 heteroatoms. The Morgan fingerprint density at radius 1 is 0.488 bits per heavy atom. The van der Waals surface area contributed by atoms with Crippen molar-refractivity contribution in [1.82, 2.24) is 0 Å². The number of benzene rings is 4. The van der Waals surface area contributed by atoms with Gasteiger partial charge in [0.25, 0.3) is 23.6 Å². The van der Waals surface area contributed by atoms with Crippen LogP contribution in [-0.2, 0) is 25.6 Å². The zero-order valence-electron chi connectivity index (χ0n) is 22.2. The maximum atomic E-state index is 11.9. The van der Waals surface area contributed by atoms with Crippen LogP contribution in [0.1, 0.15) is 11.1 Å². The molecule has 0 spiro atoms. The van der Waals surface area contributed by atoms with E-state index in [1.165, 1.54) is 24.3 Å². The van der Waals surface area contributed by atoms with Crippen LogP contribution in [0.25, 0.3) is 0 Å². The lowest BCUT2D eigenvalue weighted by molar-refractivity contribution is -0.121. The second-order valence-corrected chi connectivity index (χ2v) is 11.3. The molecule has 0 N–H and O–H groups in total. The molecule has 0 unspecified atom stereocenters. The van der Waals surface area contributed by atoms with Crippen LogP contribution < -0.4 is 19.3 Å². The Hall–Kier alpha value is -4.80. The summed E-state index contributed by atoms with van der Waals surface area (Å²) < 4.78 is 13.6. The second kappa shape index (κ2) is 11.8.